The zero-order chi connectivity index (χ0) is 37.9. The van der Waals surface area contributed by atoms with Crippen molar-refractivity contribution in [1.29, 1.82) is 0 Å². The van der Waals surface area contributed by atoms with Gasteiger partial charge in [-0.15, -0.1) is 0 Å². The lowest BCUT2D eigenvalue weighted by Crippen LogP contribution is -2.46. The fourth-order valence-electron chi connectivity index (χ4n) is 6.57. The Morgan fingerprint density at radius 2 is 0.961 bits per heavy atom. The maximum Gasteiger partial charge on any atom is 0.268 e. The number of likely N-dealkylation sites (N-methyl/N-ethyl adjacent to an activating group) is 1. The highest BCUT2D eigenvalue weighted by molar-refractivity contribution is 7.45. The third-order valence-corrected chi connectivity index (χ3v) is 11.1. The van der Waals surface area contributed by atoms with Crippen molar-refractivity contribution in [3.05, 3.63) is 0 Å². The predicted molar refractivity (Wildman–Crippen MR) is 215 cm³/mol. The number of carbonyl (C=O) groups is 1. The molecule has 306 valence electrons. The van der Waals surface area contributed by atoms with E-state index in [0.717, 1.165) is 38.5 Å². The van der Waals surface area contributed by atoms with Crippen LogP contribution >= 0.6 is 7.82 Å². The third-order valence-electron chi connectivity index (χ3n) is 10.1. The van der Waals surface area contributed by atoms with Crippen molar-refractivity contribution in [2.24, 2.45) is 0 Å². The molecular formula is C42H87N2O6P. The third kappa shape index (κ3) is 37.6. The van der Waals surface area contributed by atoms with Crippen molar-refractivity contribution >= 4 is 13.7 Å². The smallest absolute Gasteiger partial charge is 0.268 e. The molecular weight excluding hydrogens is 659 g/mol. The Hall–Kier alpha value is -0.500. The summed E-state index contributed by atoms with van der Waals surface area (Å²) in [6, 6.07) is -0.791. The van der Waals surface area contributed by atoms with Gasteiger partial charge in [-0.2, -0.15) is 0 Å². The molecule has 0 aliphatic rings. The fourth-order valence-corrected chi connectivity index (χ4v) is 7.29. The first-order chi connectivity index (χ1) is 24.5. The monoisotopic (exact) mass is 747 g/mol. The highest BCUT2D eigenvalue weighted by atomic mass is 31.2. The van der Waals surface area contributed by atoms with Crippen molar-refractivity contribution in [3.8, 4) is 0 Å². The van der Waals surface area contributed by atoms with Crippen LogP contribution in [0.1, 0.15) is 213 Å². The molecule has 8 nitrogen and oxygen atoms in total. The Labute approximate surface area is 317 Å². The van der Waals surface area contributed by atoms with E-state index in [-0.39, 0.29) is 19.1 Å². The van der Waals surface area contributed by atoms with Gasteiger partial charge in [0.2, 0.25) is 5.91 Å². The Morgan fingerprint density at radius 3 is 1.33 bits per heavy atom. The molecule has 0 aliphatic carbocycles. The number of nitrogens with zero attached hydrogens (tertiary/aromatic N) is 1. The van der Waals surface area contributed by atoms with Gasteiger partial charge in [0.05, 0.1) is 39.9 Å². The van der Waals surface area contributed by atoms with Crippen LogP contribution in [0.25, 0.3) is 0 Å². The molecule has 0 aromatic rings. The van der Waals surface area contributed by atoms with E-state index in [1.54, 1.807) is 0 Å². The van der Waals surface area contributed by atoms with Gasteiger partial charge in [-0.05, 0) is 12.8 Å². The molecule has 0 bridgehead atoms. The van der Waals surface area contributed by atoms with Crippen LogP contribution < -0.4 is 10.2 Å². The van der Waals surface area contributed by atoms with Crippen molar-refractivity contribution < 1.29 is 32.9 Å². The molecule has 0 aliphatic heterocycles. The summed E-state index contributed by atoms with van der Waals surface area (Å²) in [4.78, 5) is 25.2. The number of hydrogen-bond acceptors (Lipinski definition) is 6. The number of phosphoric acid groups is 1. The van der Waals surface area contributed by atoms with Crippen LogP contribution in [0.3, 0.4) is 0 Å². The average Bonchev–Trinajstić information content (AvgIpc) is 3.07. The first-order valence-electron chi connectivity index (χ1n) is 21.9. The number of unbranched alkanes of at least 4 members (excludes halogenated alkanes) is 27. The lowest BCUT2D eigenvalue weighted by Gasteiger charge is -2.30. The Bertz CT molecular complexity index is 809. The van der Waals surface area contributed by atoms with E-state index in [9.17, 15) is 19.4 Å². The van der Waals surface area contributed by atoms with E-state index in [2.05, 4.69) is 19.2 Å². The number of phosphoric ester groups is 1. The van der Waals surface area contributed by atoms with E-state index in [1.807, 2.05) is 21.1 Å². The largest absolute Gasteiger partial charge is 0.756 e. The standard InChI is InChI=1S/C42H87N2O6P/c1-6-8-10-12-14-16-18-19-20-21-22-23-24-25-26-27-29-31-33-35-41(45)40(39-50-51(47,48)49-38-37-44(3,4)5)43-42(46)36-34-32-30-28-17-15-13-11-9-7-2/h40-41,45H,6-39H2,1-5H3,(H-,43,46,47,48). The van der Waals surface area contributed by atoms with Gasteiger partial charge in [-0.25, -0.2) is 0 Å². The second-order valence-electron chi connectivity index (χ2n) is 16.4. The number of carbonyl (C=O) groups excluding carboxylic acids is 1. The van der Waals surface area contributed by atoms with E-state index < -0.39 is 20.0 Å². The summed E-state index contributed by atoms with van der Waals surface area (Å²) >= 11 is 0. The molecule has 9 heteroatoms. The zero-order valence-electron chi connectivity index (χ0n) is 34.6. The molecule has 0 rings (SSSR count). The molecule has 3 unspecified atom stereocenters. The molecule has 0 saturated heterocycles. The zero-order valence-corrected chi connectivity index (χ0v) is 35.5. The predicted octanol–water partition coefficient (Wildman–Crippen LogP) is 11.2. The number of amides is 1. The number of rotatable bonds is 40. The molecule has 0 aromatic heterocycles. The number of aliphatic hydroxyl groups is 1. The van der Waals surface area contributed by atoms with Gasteiger partial charge in [-0.1, -0.05) is 194 Å². The van der Waals surface area contributed by atoms with Gasteiger partial charge >= 0.3 is 0 Å². The van der Waals surface area contributed by atoms with Gasteiger partial charge in [0, 0.05) is 6.42 Å². The summed E-state index contributed by atoms with van der Waals surface area (Å²) in [5.74, 6) is -0.165. The summed E-state index contributed by atoms with van der Waals surface area (Å²) in [5, 5.41) is 13.9. The number of nitrogens with one attached hydrogen (secondary N) is 1. The first-order valence-corrected chi connectivity index (χ1v) is 23.3. The van der Waals surface area contributed by atoms with Crippen LogP contribution in [-0.4, -0.2) is 68.5 Å². The van der Waals surface area contributed by atoms with Crippen LogP contribution in [0.4, 0.5) is 0 Å². The number of hydrogen-bond donors (Lipinski definition) is 2. The number of quaternary nitrogens is 1. The normalized spacial score (nSPS) is 14.4. The molecule has 0 fully saturated rings. The Balaban J connectivity index is 4.28. The van der Waals surface area contributed by atoms with Crippen LogP contribution in [0, 0.1) is 0 Å². The molecule has 1 amide bonds. The SMILES string of the molecule is CCCCCCCCCCCCCCCCCCCCCC(O)C(COP(=O)([O-])OCC[N+](C)(C)C)NC(=O)CCCCCCCCCCCC. The second kappa shape index (κ2) is 35.2. The van der Waals surface area contributed by atoms with Crippen LogP contribution in [-0.2, 0) is 18.4 Å². The van der Waals surface area contributed by atoms with Gasteiger partial charge in [0.25, 0.3) is 7.82 Å². The van der Waals surface area contributed by atoms with E-state index in [1.165, 1.54) is 148 Å². The van der Waals surface area contributed by atoms with Crippen LogP contribution in [0.15, 0.2) is 0 Å². The summed E-state index contributed by atoms with van der Waals surface area (Å²) in [6.07, 6.45) is 36.8. The summed E-state index contributed by atoms with van der Waals surface area (Å²) < 4.78 is 23.2. The molecule has 0 radical (unpaired) electrons. The molecule has 51 heavy (non-hydrogen) atoms. The Kier molecular flexibility index (Phi) is 34.9. The fraction of sp³-hybridized carbons (Fsp3) is 0.976. The van der Waals surface area contributed by atoms with Gasteiger partial charge < -0.3 is 28.8 Å². The summed E-state index contributed by atoms with van der Waals surface area (Å²) in [7, 11) is 1.31. The average molecular weight is 747 g/mol. The van der Waals surface area contributed by atoms with Crippen molar-refractivity contribution in [1.82, 2.24) is 5.32 Å². The van der Waals surface area contributed by atoms with Crippen molar-refractivity contribution in [2.75, 3.05) is 40.9 Å². The Morgan fingerprint density at radius 1 is 0.608 bits per heavy atom. The van der Waals surface area contributed by atoms with E-state index in [4.69, 9.17) is 9.05 Å². The maximum atomic E-state index is 12.8. The van der Waals surface area contributed by atoms with Crippen molar-refractivity contribution in [3.63, 3.8) is 0 Å². The van der Waals surface area contributed by atoms with Crippen LogP contribution in [0.5, 0.6) is 0 Å². The lowest BCUT2D eigenvalue weighted by molar-refractivity contribution is -0.870. The van der Waals surface area contributed by atoms with Crippen molar-refractivity contribution in [2.45, 2.75) is 225 Å². The number of aliphatic hydroxyl groups excluding tert-OH is 1. The van der Waals surface area contributed by atoms with Gasteiger partial charge in [0.1, 0.15) is 13.2 Å². The summed E-state index contributed by atoms with van der Waals surface area (Å²) in [6.45, 7) is 4.72. The molecule has 3 atom stereocenters. The highest BCUT2D eigenvalue weighted by Gasteiger charge is 2.24. The quantitative estimate of drug-likeness (QED) is 0.0367. The van der Waals surface area contributed by atoms with E-state index >= 15 is 0 Å². The minimum absolute atomic E-state index is 0.0158. The van der Waals surface area contributed by atoms with E-state index in [0.29, 0.717) is 23.9 Å². The minimum atomic E-state index is -4.55. The lowest BCUT2D eigenvalue weighted by atomic mass is 10.0. The highest BCUT2D eigenvalue weighted by Crippen LogP contribution is 2.38. The summed E-state index contributed by atoms with van der Waals surface area (Å²) in [5.41, 5.74) is 0. The van der Waals surface area contributed by atoms with Gasteiger partial charge in [-0.3, -0.25) is 9.36 Å². The first kappa shape index (κ1) is 50.5. The maximum absolute atomic E-state index is 12.8. The topological polar surface area (TPSA) is 108 Å². The second-order valence-corrected chi connectivity index (χ2v) is 17.8. The van der Waals surface area contributed by atoms with Gasteiger partial charge in [0.15, 0.2) is 0 Å². The minimum Gasteiger partial charge on any atom is -0.756 e. The molecule has 0 aromatic carbocycles. The molecule has 0 spiro atoms. The molecule has 2 N–H and O–H groups in total. The van der Waals surface area contributed by atoms with Crippen LogP contribution in [0.2, 0.25) is 0 Å². The molecule has 0 saturated carbocycles. The molecule has 0 heterocycles.